The van der Waals surface area contributed by atoms with Crippen molar-refractivity contribution in [1.82, 2.24) is 10.2 Å². The number of hydrogen-bond donors (Lipinski definition) is 1. The van der Waals surface area contributed by atoms with Crippen LogP contribution in [0.25, 0.3) is 0 Å². The monoisotopic (exact) mass is 266 g/mol. The zero-order valence-electron chi connectivity index (χ0n) is 12.9. The summed E-state index contributed by atoms with van der Waals surface area (Å²) in [5, 5.41) is 3.36. The van der Waals surface area contributed by atoms with Gasteiger partial charge in [0, 0.05) is 26.1 Å². The fourth-order valence-electron chi connectivity index (χ4n) is 4.17. The molecule has 0 spiro atoms. The SMILES string of the molecule is CC1CC(CC(=O)N2CCCNCC2)CC(C)(C)C1. The molecule has 0 aromatic heterocycles. The van der Waals surface area contributed by atoms with Crippen molar-refractivity contribution in [3.05, 3.63) is 0 Å². The van der Waals surface area contributed by atoms with Gasteiger partial charge in [-0.3, -0.25) is 4.79 Å². The van der Waals surface area contributed by atoms with Crippen molar-refractivity contribution in [3.63, 3.8) is 0 Å². The van der Waals surface area contributed by atoms with Gasteiger partial charge in [-0.15, -0.1) is 0 Å². The lowest BCUT2D eigenvalue weighted by Crippen LogP contribution is -2.37. The first kappa shape index (κ1) is 14.8. The Morgan fingerprint density at radius 3 is 2.79 bits per heavy atom. The molecule has 0 aromatic rings. The summed E-state index contributed by atoms with van der Waals surface area (Å²) < 4.78 is 0. The third-order valence-corrected chi connectivity index (χ3v) is 4.63. The second-order valence-corrected chi connectivity index (χ2v) is 7.47. The second-order valence-electron chi connectivity index (χ2n) is 7.47. The fourth-order valence-corrected chi connectivity index (χ4v) is 4.17. The molecule has 1 saturated carbocycles. The van der Waals surface area contributed by atoms with Crippen LogP contribution in [-0.4, -0.2) is 37.0 Å². The maximum atomic E-state index is 12.4. The summed E-state index contributed by atoms with van der Waals surface area (Å²) >= 11 is 0. The predicted octanol–water partition coefficient (Wildman–Crippen LogP) is 2.66. The second kappa shape index (κ2) is 6.25. The molecule has 2 atom stereocenters. The van der Waals surface area contributed by atoms with Crippen LogP contribution in [-0.2, 0) is 4.79 Å². The van der Waals surface area contributed by atoms with Crippen molar-refractivity contribution in [2.24, 2.45) is 17.3 Å². The normalized spacial score (nSPS) is 31.8. The Morgan fingerprint density at radius 1 is 1.26 bits per heavy atom. The molecule has 2 rings (SSSR count). The highest BCUT2D eigenvalue weighted by molar-refractivity contribution is 5.76. The molecule has 2 fully saturated rings. The zero-order chi connectivity index (χ0) is 13.9. The van der Waals surface area contributed by atoms with Crippen molar-refractivity contribution >= 4 is 5.91 Å². The Balaban J connectivity index is 1.87. The summed E-state index contributed by atoms with van der Waals surface area (Å²) in [5.74, 6) is 1.76. The summed E-state index contributed by atoms with van der Waals surface area (Å²) in [6, 6.07) is 0. The molecule has 1 saturated heterocycles. The van der Waals surface area contributed by atoms with Crippen molar-refractivity contribution in [1.29, 1.82) is 0 Å². The van der Waals surface area contributed by atoms with E-state index < -0.39 is 0 Å². The predicted molar refractivity (Wildman–Crippen MR) is 79.0 cm³/mol. The van der Waals surface area contributed by atoms with Crippen molar-refractivity contribution < 1.29 is 4.79 Å². The Morgan fingerprint density at radius 2 is 2.05 bits per heavy atom. The maximum Gasteiger partial charge on any atom is 0.222 e. The summed E-state index contributed by atoms with van der Waals surface area (Å²) in [5.41, 5.74) is 0.420. The molecule has 1 aliphatic heterocycles. The van der Waals surface area contributed by atoms with Crippen LogP contribution in [0, 0.1) is 17.3 Å². The van der Waals surface area contributed by atoms with Crippen LogP contribution in [0.1, 0.15) is 52.9 Å². The highest BCUT2D eigenvalue weighted by Crippen LogP contribution is 2.42. The van der Waals surface area contributed by atoms with Gasteiger partial charge in [-0.2, -0.15) is 0 Å². The topological polar surface area (TPSA) is 32.3 Å². The number of hydrogen-bond acceptors (Lipinski definition) is 2. The maximum absolute atomic E-state index is 12.4. The molecule has 0 aromatic carbocycles. The van der Waals surface area contributed by atoms with Crippen LogP contribution in [0.4, 0.5) is 0 Å². The molecule has 0 radical (unpaired) electrons. The van der Waals surface area contributed by atoms with E-state index in [2.05, 4.69) is 31.0 Å². The van der Waals surface area contributed by atoms with Gasteiger partial charge in [0.25, 0.3) is 0 Å². The quantitative estimate of drug-likeness (QED) is 0.833. The minimum absolute atomic E-state index is 0.388. The van der Waals surface area contributed by atoms with Gasteiger partial charge in [-0.05, 0) is 49.5 Å². The van der Waals surface area contributed by atoms with Gasteiger partial charge < -0.3 is 10.2 Å². The van der Waals surface area contributed by atoms with Crippen LogP contribution >= 0.6 is 0 Å². The van der Waals surface area contributed by atoms with Gasteiger partial charge in [0.15, 0.2) is 0 Å². The number of nitrogens with one attached hydrogen (secondary N) is 1. The molecular weight excluding hydrogens is 236 g/mol. The first-order valence-electron chi connectivity index (χ1n) is 7.95. The number of carbonyl (C=O) groups excluding carboxylic acids is 1. The van der Waals surface area contributed by atoms with Crippen LogP contribution in [0.5, 0.6) is 0 Å². The summed E-state index contributed by atoms with van der Waals surface area (Å²) in [7, 11) is 0. The molecule has 3 nitrogen and oxygen atoms in total. The molecule has 0 bridgehead atoms. The number of amides is 1. The molecular formula is C16H30N2O. The van der Waals surface area contributed by atoms with E-state index >= 15 is 0 Å². The standard InChI is InChI=1S/C16H30N2O/c1-13-9-14(12-16(2,3)11-13)10-15(19)18-7-4-5-17-6-8-18/h13-14,17H,4-12H2,1-3H3. The zero-order valence-corrected chi connectivity index (χ0v) is 12.9. The summed E-state index contributed by atoms with van der Waals surface area (Å²) in [6.45, 7) is 10.9. The van der Waals surface area contributed by atoms with E-state index in [1.165, 1.54) is 19.3 Å². The molecule has 1 N–H and O–H groups in total. The van der Waals surface area contributed by atoms with Crippen LogP contribution in [0.2, 0.25) is 0 Å². The van der Waals surface area contributed by atoms with E-state index in [-0.39, 0.29) is 0 Å². The summed E-state index contributed by atoms with van der Waals surface area (Å²) in [4.78, 5) is 14.5. The van der Waals surface area contributed by atoms with Crippen LogP contribution in [0.15, 0.2) is 0 Å². The van der Waals surface area contributed by atoms with Crippen molar-refractivity contribution in [2.75, 3.05) is 26.2 Å². The lowest BCUT2D eigenvalue weighted by atomic mass is 9.67. The van der Waals surface area contributed by atoms with Gasteiger partial charge >= 0.3 is 0 Å². The minimum atomic E-state index is 0.388. The Labute approximate surface area is 118 Å². The van der Waals surface area contributed by atoms with E-state index in [0.29, 0.717) is 17.2 Å². The molecule has 2 aliphatic rings. The van der Waals surface area contributed by atoms with Gasteiger partial charge in [0.05, 0.1) is 0 Å². The fraction of sp³-hybridized carbons (Fsp3) is 0.938. The smallest absolute Gasteiger partial charge is 0.222 e. The van der Waals surface area contributed by atoms with E-state index in [4.69, 9.17) is 0 Å². The molecule has 110 valence electrons. The highest BCUT2D eigenvalue weighted by Gasteiger charge is 2.33. The number of rotatable bonds is 2. The average Bonchev–Trinajstić information content (AvgIpc) is 2.54. The minimum Gasteiger partial charge on any atom is -0.341 e. The first-order chi connectivity index (χ1) is 8.96. The summed E-state index contributed by atoms with van der Waals surface area (Å²) in [6.07, 6.45) is 5.63. The lowest BCUT2D eigenvalue weighted by Gasteiger charge is -2.39. The third kappa shape index (κ3) is 4.48. The first-order valence-corrected chi connectivity index (χ1v) is 7.95. The average molecular weight is 266 g/mol. The van der Waals surface area contributed by atoms with Crippen LogP contribution in [0.3, 0.4) is 0 Å². The lowest BCUT2D eigenvalue weighted by molar-refractivity contribution is -0.132. The van der Waals surface area contributed by atoms with Gasteiger partial charge in [0.2, 0.25) is 5.91 Å². The molecule has 19 heavy (non-hydrogen) atoms. The molecule has 1 aliphatic carbocycles. The van der Waals surface area contributed by atoms with E-state index in [0.717, 1.165) is 44.9 Å². The third-order valence-electron chi connectivity index (χ3n) is 4.63. The van der Waals surface area contributed by atoms with Crippen LogP contribution < -0.4 is 5.32 Å². The van der Waals surface area contributed by atoms with Gasteiger partial charge in [0.1, 0.15) is 0 Å². The van der Waals surface area contributed by atoms with Gasteiger partial charge in [-0.25, -0.2) is 0 Å². The molecule has 2 unspecified atom stereocenters. The Hall–Kier alpha value is -0.570. The van der Waals surface area contributed by atoms with Crippen molar-refractivity contribution in [3.8, 4) is 0 Å². The largest absolute Gasteiger partial charge is 0.341 e. The molecule has 1 heterocycles. The highest BCUT2D eigenvalue weighted by atomic mass is 16.2. The number of nitrogens with zero attached hydrogens (tertiary/aromatic N) is 1. The van der Waals surface area contributed by atoms with Gasteiger partial charge in [-0.1, -0.05) is 20.8 Å². The van der Waals surface area contributed by atoms with Crippen molar-refractivity contribution in [2.45, 2.75) is 52.9 Å². The Kier molecular flexibility index (Phi) is 4.88. The Bertz CT molecular complexity index is 306. The van der Waals surface area contributed by atoms with E-state index in [1.807, 2.05) is 0 Å². The number of carbonyl (C=O) groups is 1. The molecule has 3 heteroatoms. The van der Waals surface area contributed by atoms with E-state index in [9.17, 15) is 4.79 Å². The van der Waals surface area contributed by atoms with E-state index in [1.54, 1.807) is 0 Å². The molecule has 1 amide bonds.